The average Bonchev–Trinajstić information content (AvgIpc) is 3.57. The van der Waals surface area contributed by atoms with Crippen molar-refractivity contribution in [2.24, 2.45) is 16.9 Å². The molecule has 8 atom stereocenters. The first-order valence-electron chi connectivity index (χ1n) is 24.7. The number of hydrogen-bond acceptors (Lipinski definition) is 13. The van der Waals surface area contributed by atoms with Crippen LogP contribution in [0.25, 0.3) is 10.4 Å². The number of halogens is 1. The van der Waals surface area contributed by atoms with Gasteiger partial charge in [0.05, 0.1) is 44.8 Å². The number of thiazole rings is 1. The van der Waals surface area contributed by atoms with Crippen molar-refractivity contribution in [1.82, 2.24) is 35.6 Å². The summed E-state index contributed by atoms with van der Waals surface area (Å²) >= 11 is 8.46. The third-order valence-corrected chi connectivity index (χ3v) is 15.8. The third-order valence-electron chi connectivity index (χ3n) is 14.4. The fraction of sp³-hybridized carbons (Fsp3) is 0.588. The number of aromatic nitrogens is 1. The molecular formula is C51H70ClN9O9S. The van der Waals surface area contributed by atoms with Gasteiger partial charge in [-0.3, -0.25) is 34.1 Å². The standard InChI is InChI=1S/C51H70ClN9O9S/c1-29-44(71-28-55-29)32-12-14-33(15-13-32)51(21-22-51)58-47(67)39-24-36(63)25-60(39)49(69)45(50(3,4)5)57-42(65)11-7-9-31-8-6-10-40(43(31)52)70-27-34(16-19-41(54)64)56-46(66)38-18-17-35-20-23-59(30(2)62)26-37(53)48(68)61(35)38/h6,8,10,12-15,28,34-39,42,45,57,63,65H,7,9,11,16-27,53H2,1-5H3,(H2,54,64)(H,56,66)(H,58,67)/t34-,35+,36+,37-,38-,39-,42?,45?/m0/s1. The van der Waals surface area contributed by atoms with Gasteiger partial charge in [0.15, 0.2) is 0 Å². The topological polar surface area (TPSA) is 263 Å². The van der Waals surface area contributed by atoms with Crippen LogP contribution < -0.4 is 32.2 Å². The number of fused-ring (bicyclic) bond motifs is 1. The Morgan fingerprint density at radius 2 is 1.75 bits per heavy atom. The number of carbonyl (C=O) groups is 6. The average molecular weight is 1020 g/mol. The quantitative estimate of drug-likeness (QED) is 0.0855. The van der Waals surface area contributed by atoms with Gasteiger partial charge < -0.3 is 51.8 Å². The van der Waals surface area contributed by atoms with Crippen LogP contribution in [-0.2, 0) is 40.7 Å². The number of benzene rings is 2. The highest BCUT2D eigenvalue weighted by atomic mass is 35.5. The molecule has 9 N–H and O–H groups in total. The van der Waals surface area contributed by atoms with Crippen molar-refractivity contribution in [3.8, 4) is 16.2 Å². The van der Waals surface area contributed by atoms with E-state index in [1.807, 2.05) is 63.5 Å². The van der Waals surface area contributed by atoms with E-state index < -0.39 is 65.3 Å². The second-order valence-corrected chi connectivity index (χ2v) is 22.0. The lowest BCUT2D eigenvalue weighted by atomic mass is 9.85. The van der Waals surface area contributed by atoms with E-state index in [1.165, 1.54) is 11.8 Å². The van der Waals surface area contributed by atoms with Crippen LogP contribution in [0.2, 0.25) is 5.02 Å². The maximum Gasteiger partial charge on any atom is 0.243 e. The summed E-state index contributed by atoms with van der Waals surface area (Å²) in [6.45, 7) is 9.50. The number of amides is 6. The van der Waals surface area contributed by atoms with E-state index in [0.717, 1.165) is 40.1 Å². The minimum absolute atomic E-state index is 0.00878. The van der Waals surface area contributed by atoms with Crippen LogP contribution in [0.5, 0.6) is 5.75 Å². The second kappa shape index (κ2) is 22.7. The van der Waals surface area contributed by atoms with Crippen molar-refractivity contribution >= 4 is 58.4 Å². The molecule has 0 spiro atoms. The molecule has 0 radical (unpaired) electrons. The molecule has 71 heavy (non-hydrogen) atoms. The Morgan fingerprint density at radius 1 is 1.01 bits per heavy atom. The van der Waals surface area contributed by atoms with Gasteiger partial charge in [-0.1, -0.05) is 68.8 Å². The lowest BCUT2D eigenvalue weighted by Gasteiger charge is -2.37. The molecule has 4 fully saturated rings. The number of aliphatic hydroxyl groups is 2. The summed E-state index contributed by atoms with van der Waals surface area (Å²) < 4.78 is 6.16. The number of nitrogens with zero attached hydrogens (tertiary/aromatic N) is 4. The summed E-state index contributed by atoms with van der Waals surface area (Å²) in [7, 11) is 0. The number of ether oxygens (including phenoxy) is 1. The molecule has 1 saturated carbocycles. The summed E-state index contributed by atoms with van der Waals surface area (Å²) in [6.07, 6.45) is 2.46. The molecule has 20 heteroatoms. The number of primary amides is 1. The van der Waals surface area contributed by atoms with Crippen molar-refractivity contribution < 1.29 is 43.7 Å². The lowest BCUT2D eigenvalue weighted by molar-refractivity contribution is -0.144. The second-order valence-electron chi connectivity index (χ2n) is 20.8. The van der Waals surface area contributed by atoms with Crippen LogP contribution in [0.4, 0.5) is 0 Å². The summed E-state index contributed by atoms with van der Waals surface area (Å²) in [5.74, 6) is -1.86. The van der Waals surface area contributed by atoms with Crippen LogP contribution in [-0.4, -0.2) is 140 Å². The first kappa shape index (κ1) is 53.6. The van der Waals surface area contributed by atoms with Gasteiger partial charge in [-0.05, 0) is 92.9 Å². The number of β-amino-alcohol motifs (C(OH)–C–C–N with tert-alkyl or cyclic N) is 1. The zero-order valence-electron chi connectivity index (χ0n) is 41.3. The number of likely N-dealkylation sites (tertiary alicyclic amines) is 1. The van der Waals surface area contributed by atoms with Crippen LogP contribution in [0.15, 0.2) is 48.0 Å². The van der Waals surface area contributed by atoms with Crippen LogP contribution >= 0.6 is 22.9 Å². The number of nitrogens with two attached hydrogens (primary N) is 2. The molecule has 7 rings (SSSR count). The Bertz CT molecular complexity index is 2430. The Kier molecular flexibility index (Phi) is 17.1. The fourth-order valence-corrected chi connectivity index (χ4v) is 11.3. The van der Waals surface area contributed by atoms with Gasteiger partial charge in [-0.15, -0.1) is 11.3 Å². The molecule has 6 amide bonds. The van der Waals surface area contributed by atoms with E-state index in [1.54, 1.807) is 33.3 Å². The van der Waals surface area contributed by atoms with Crippen LogP contribution in [0.1, 0.15) is 109 Å². The van der Waals surface area contributed by atoms with Crippen molar-refractivity contribution in [1.29, 1.82) is 0 Å². The number of aliphatic hydroxyl groups excluding tert-OH is 2. The van der Waals surface area contributed by atoms with Gasteiger partial charge in [0.1, 0.15) is 36.7 Å². The summed E-state index contributed by atoms with van der Waals surface area (Å²) in [6, 6.07) is 9.02. The summed E-state index contributed by atoms with van der Waals surface area (Å²) in [5.41, 5.74) is 16.1. The van der Waals surface area contributed by atoms with Gasteiger partial charge in [-0.2, -0.15) is 0 Å². The van der Waals surface area contributed by atoms with E-state index in [2.05, 4.69) is 20.9 Å². The minimum Gasteiger partial charge on any atom is -0.490 e. The molecule has 4 heterocycles. The largest absolute Gasteiger partial charge is 0.490 e. The number of hydrogen-bond donors (Lipinski definition) is 7. The first-order valence-corrected chi connectivity index (χ1v) is 26.0. The number of nitrogens with one attached hydrogen (secondary N) is 3. The molecule has 1 aromatic heterocycles. The fourth-order valence-electron chi connectivity index (χ4n) is 10.2. The van der Waals surface area contributed by atoms with E-state index >= 15 is 0 Å². The monoisotopic (exact) mass is 1020 g/mol. The molecule has 2 unspecified atom stereocenters. The molecule has 386 valence electrons. The summed E-state index contributed by atoms with van der Waals surface area (Å²) in [4.78, 5) is 89.7. The number of rotatable bonds is 19. The van der Waals surface area contributed by atoms with Crippen molar-refractivity contribution in [3.63, 3.8) is 0 Å². The number of carbonyl (C=O) groups excluding carboxylic acids is 6. The van der Waals surface area contributed by atoms with Gasteiger partial charge in [-0.25, -0.2) is 4.98 Å². The van der Waals surface area contributed by atoms with E-state index in [0.29, 0.717) is 49.4 Å². The molecule has 18 nitrogen and oxygen atoms in total. The predicted octanol–water partition coefficient (Wildman–Crippen LogP) is 3.25. The zero-order valence-corrected chi connectivity index (χ0v) is 42.9. The third kappa shape index (κ3) is 12.9. The van der Waals surface area contributed by atoms with Gasteiger partial charge in [0, 0.05) is 45.4 Å². The number of aryl methyl sites for hydroxylation is 2. The molecule has 1 aliphatic carbocycles. The maximum absolute atomic E-state index is 14.4. The smallest absolute Gasteiger partial charge is 0.243 e. The highest BCUT2D eigenvalue weighted by Gasteiger charge is 2.50. The van der Waals surface area contributed by atoms with Crippen LogP contribution in [0.3, 0.4) is 0 Å². The molecule has 3 saturated heterocycles. The molecular weight excluding hydrogens is 950 g/mol. The van der Waals surface area contributed by atoms with Crippen molar-refractivity contribution in [3.05, 3.63) is 69.8 Å². The first-order chi connectivity index (χ1) is 33.6. The molecule has 2 aromatic carbocycles. The maximum atomic E-state index is 14.4. The van der Waals surface area contributed by atoms with Crippen molar-refractivity contribution in [2.45, 2.75) is 159 Å². The Balaban J connectivity index is 0.926. The molecule has 0 bridgehead atoms. The lowest BCUT2D eigenvalue weighted by Crippen LogP contribution is -2.59. The molecule has 3 aliphatic heterocycles. The van der Waals surface area contributed by atoms with E-state index in [-0.39, 0.29) is 75.1 Å². The van der Waals surface area contributed by atoms with E-state index in [4.69, 9.17) is 27.8 Å². The van der Waals surface area contributed by atoms with Crippen LogP contribution in [0, 0.1) is 12.3 Å². The SMILES string of the molecule is CC(=O)N1CC[C@H]2CC[C@@H](C(=O)N[C@@H](CCC(N)=O)COc3cccc(CCCC(O)NC(C(=O)N4C[C@H](O)C[C@H]4C(=O)NC4(c5ccc(-c6scnc6C)cc5)CC4)C(C)(C)C)c3Cl)N2C(=O)[C@@H](N)C1. The molecule has 3 aromatic rings. The molecule has 4 aliphatic rings. The zero-order chi connectivity index (χ0) is 51.4. The Hall–Kier alpha value is -5.18. The Labute approximate surface area is 424 Å². The van der Waals surface area contributed by atoms with Gasteiger partial charge in [0.25, 0.3) is 0 Å². The highest BCUT2D eigenvalue weighted by molar-refractivity contribution is 7.13. The minimum atomic E-state index is -1.10. The van der Waals surface area contributed by atoms with E-state index in [9.17, 15) is 39.0 Å². The van der Waals surface area contributed by atoms with Gasteiger partial charge >= 0.3 is 0 Å². The highest BCUT2D eigenvalue weighted by Crippen LogP contribution is 2.46. The summed E-state index contributed by atoms with van der Waals surface area (Å²) in [5, 5.41) is 31.8. The Morgan fingerprint density at radius 3 is 2.39 bits per heavy atom. The predicted molar refractivity (Wildman–Crippen MR) is 269 cm³/mol. The van der Waals surface area contributed by atoms with Crippen molar-refractivity contribution in [2.75, 3.05) is 26.2 Å². The normalized spacial score (nSPS) is 23.3. The van der Waals surface area contributed by atoms with Gasteiger partial charge in [0.2, 0.25) is 35.4 Å².